The molecule has 0 bridgehead atoms. The summed E-state index contributed by atoms with van der Waals surface area (Å²) in [5.74, 6) is 0.739. The van der Waals surface area contributed by atoms with Gasteiger partial charge in [-0.3, -0.25) is 0 Å². The summed E-state index contributed by atoms with van der Waals surface area (Å²) < 4.78 is 0. The van der Waals surface area contributed by atoms with Gasteiger partial charge in [-0.15, -0.1) is 0 Å². The van der Waals surface area contributed by atoms with E-state index in [-0.39, 0.29) is 0 Å². The Kier molecular flexibility index (Phi) is 3.61. The molecule has 1 rings (SSSR count). The van der Waals surface area contributed by atoms with Gasteiger partial charge in [0, 0.05) is 16.8 Å². The molecular formula is C12H19N3. The fraction of sp³-hybridized carbons (Fsp3) is 0.333. The maximum absolute atomic E-state index is 5.53. The Labute approximate surface area is 90.2 Å². The lowest BCUT2D eigenvalue weighted by Crippen LogP contribution is -2.26. The number of rotatable bonds is 2. The third-order valence-corrected chi connectivity index (χ3v) is 2.32. The van der Waals surface area contributed by atoms with Crippen molar-refractivity contribution in [1.29, 1.82) is 0 Å². The molecule has 3 heteroatoms. The first-order valence-electron chi connectivity index (χ1n) is 5.12. The fourth-order valence-corrected chi connectivity index (χ4v) is 1.61. The Balaban J connectivity index is 3.55. The van der Waals surface area contributed by atoms with E-state index in [9.17, 15) is 0 Å². The molecule has 1 heterocycles. The molecule has 5 N–H and O–H groups in total. The molecule has 1 aromatic heterocycles. The monoisotopic (exact) mass is 205 g/mol. The van der Waals surface area contributed by atoms with Gasteiger partial charge in [0.05, 0.1) is 5.82 Å². The molecule has 82 valence electrons. The van der Waals surface area contributed by atoms with Crippen LogP contribution in [0.25, 0.3) is 11.6 Å². The fourth-order valence-electron chi connectivity index (χ4n) is 1.61. The van der Waals surface area contributed by atoms with Crippen LogP contribution in [0.5, 0.6) is 0 Å². The number of hydrogen-bond acceptors (Lipinski definition) is 2. The second-order valence-corrected chi connectivity index (χ2v) is 3.85. The molecule has 0 aliphatic rings. The van der Waals surface area contributed by atoms with Gasteiger partial charge in [0.2, 0.25) is 0 Å². The number of nitrogens with two attached hydrogens (primary N) is 2. The van der Waals surface area contributed by atoms with Crippen molar-refractivity contribution in [3.8, 4) is 0 Å². The van der Waals surface area contributed by atoms with Crippen molar-refractivity contribution in [2.24, 2.45) is 17.4 Å². The van der Waals surface area contributed by atoms with Gasteiger partial charge in [-0.1, -0.05) is 19.9 Å². The lowest BCUT2D eigenvalue weighted by atomic mass is 10.0. The van der Waals surface area contributed by atoms with Crippen molar-refractivity contribution < 1.29 is 0 Å². The third-order valence-electron chi connectivity index (χ3n) is 2.32. The Morgan fingerprint density at radius 2 is 2.07 bits per heavy atom. The maximum atomic E-state index is 5.53. The topological polar surface area (TPSA) is 67.8 Å². The molecule has 0 aliphatic carbocycles. The van der Waals surface area contributed by atoms with Gasteiger partial charge in [-0.05, 0) is 30.6 Å². The van der Waals surface area contributed by atoms with Crippen LogP contribution in [-0.4, -0.2) is 4.98 Å². The second kappa shape index (κ2) is 4.73. The van der Waals surface area contributed by atoms with E-state index in [1.54, 1.807) is 0 Å². The van der Waals surface area contributed by atoms with Crippen LogP contribution in [0, 0.1) is 5.92 Å². The van der Waals surface area contributed by atoms with Crippen LogP contribution < -0.4 is 22.0 Å². The summed E-state index contributed by atoms with van der Waals surface area (Å²) >= 11 is 0. The third kappa shape index (κ3) is 2.65. The van der Waals surface area contributed by atoms with Crippen LogP contribution >= 0.6 is 0 Å². The maximum Gasteiger partial charge on any atom is 0.0936 e. The Morgan fingerprint density at radius 3 is 2.53 bits per heavy atom. The largest absolute Gasteiger partial charge is 0.386 e. The first kappa shape index (κ1) is 11.4. The first-order valence-corrected chi connectivity index (χ1v) is 5.12. The van der Waals surface area contributed by atoms with E-state index < -0.39 is 0 Å². The number of hydrogen-bond donors (Lipinski definition) is 3. The van der Waals surface area contributed by atoms with Crippen molar-refractivity contribution in [1.82, 2.24) is 4.98 Å². The van der Waals surface area contributed by atoms with Crippen LogP contribution in [0.15, 0.2) is 24.2 Å². The molecular weight excluding hydrogens is 186 g/mol. The summed E-state index contributed by atoms with van der Waals surface area (Å²) in [4.78, 5) is 3.18. The van der Waals surface area contributed by atoms with Crippen molar-refractivity contribution in [3.63, 3.8) is 0 Å². The Bertz CT molecular complexity index is 459. The van der Waals surface area contributed by atoms with Gasteiger partial charge in [0.25, 0.3) is 0 Å². The van der Waals surface area contributed by atoms with Crippen LogP contribution in [0.2, 0.25) is 0 Å². The summed E-state index contributed by atoms with van der Waals surface area (Å²) in [6.07, 6.45) is 5.80. The number of allylic oxidation sites excluding steroid dienone is 1. The zero-order valence-electron chi connectivity index (χ0n) is 9.54. The van der Waals surface area contributed by atoms with Crippen LogP contribution in [0.4, 0.5) is 0 Å². The lowest BCUT2D eigenvalue weighted by Gasteiger charge is -2.06. The van der Waals surface area contributed by atoms with E-state index in [1.807, 2.05) is 31.3 Å². The van der Waals surface area contributed by atoms with Gasteiger partial charge in [0.1, 0.15) is 0 Å². The van der Waals surface area contributed by atoms with Crippen molar-refractivity contribution in [2.45, 2.75) is 20.8 Å². The minimum absolute atomic E-state index is 0.349. The first-order chi connectivity index (χ1) is 7.06. The standard InChI is InChI=1S/C12H19N3/c1-4-11-9(5-6-15-11)10(8(2)3)7-12(13)14/h4-8,15H,13-14H2,1-3H3/b10-9+,11-4+. The van der Waals surface area contributed by atoms with Crippen LogP contribution in [0.1, 0.15) is 20.8 Å². The number of aromatic nitrogens is 1. The van der Waals surface area contributed by atoms with Gasteiger partial charge in [-0.2, -0.15) is 0 Å². The molecule has 0 radical (unpaired) electrons. The molecule has 0 amide bonds. The van der Waals surface area contributed by atoms with Gasteiger partial charge in [0.15, 0.2) is 0 Å². The Hall–Kier alpha value is -1.64. The van der Waals surface area contributed by atoms with E-state index in [0.29, 0.717) is 11.7 Å². The minimum atomic E-state index is 0.349. The molecule has 15 heavy (non-hydrogen) atoms. The summed E-state index contributed by atoms with van der Waals surface area (Å²) in [5, 5.41) is 2.28. The molecule has 0 aromatic carbocycles. The molecule has 0 spiro atoms. The minimum Gasteiger partial charge on any atom is -0.386 e. The summed E-state index contributed by atoms with van der Waals surface area (Å²) in [7, 11) is 0. The molecule has 3 nitrogen and oxygen atoms in total. The lowest BCUT2D eigenvalue weighted by molar-refractivity contribution is 0.852. The highest BCUT2D eigenvalue weighted by Crippen LogP contribution is 2.09. The van der Waals surface area contributed by atoms with E-state index in [4.69, 9.17) is 11.5 Å². The molecule has 0 unspecified atom stereocenters. The number of nitrogens with one attached hydrogen (secondary N) is 1. The average Bonchev–Trinajstić information content (AvgIpc) is 2.60. The zero-order chi connectivity index (χ0) is 11.4. The van der Waals surface area contributed by atoms with E-state index in [1.165, 1.54) is 5.22 Å². The molecule has 0 saturated carbocycles. The van der Waals surface area contributed by atoms with Gasteiger partial charge in [-0.25, -0.2) is 0 Å². The molecule has 0 atom stereocenters. The second-order valence-electron chi connectivity index (χ2n) is 3.85. The van der Waals surface area contributed by atoms with Crippen LogP contribution in [-0.2, 0) is 0 Å². The van der Waals surface area contributed by atoms with Crippen LogP contribution in [0.3, 0.4) is 0 Å². The summed E-state index contributed by atoms with van der Waals surface area (Å²) in [6, 6.07) is 2.05. The predicted octanol–water partition coefficient (Wildman–Crippen LogP) is 0.381. The highest BCUT2D eigenvalue weighted by molar-refractivity contribution is 5.59. The average molecular weight is 205 g/mol. The number of aromatic amines is 1. The zero-order valence-corrected chi connectivity index (χ0v) is 9.54. The van der Waals surface area contributed by atoms with Gasteiger partial charge >= 0.3 is 0 Å². The SMILES string of the molecule is C/C=c1/[nH]cc/c1=C(/C=C(N)N)C(C)C. The highest BCUT2D eigenvalue weighted by atomic mass is 14.8. The quantitative estimate of drug-likeness (QED) is 0.653. The van der Waals surface area contributed by atoms with Gasteiger partial charge < -0.3 is 16.5 Å². The Morgan fingerprint density at radius 1 is 1.40 bits per heavy atom. The highest BCUT2D eigenvalue weighted by Gasteiger charge is 2.02. The van der Waals surface area contributed by atoms with E-state index in [2.05, 4.69) is 18.8 Å². The molecule has 0 aliphatic heterocycles. The summed E-state index contributed by atoms with van der Waals surface area (Å²) in [5.41, 5.74) is 12.2. The van der Waals surface area contributed by atoms with E-state index in [0.717, 1.165) is 10.9 Å². The number of H-pyrrole nitrogens is 1. The molecule has 0 saturated heterocycles. The van der Waals surface area contributed by atoms with Crippen molar-refractivity contribution >= 4 is 11.6 Å². The van der Waals surface area contributed by atoms with Crippen molar-refractivity contribution in [3.05, 3.63) is 34.7 Å². The normalized spacial score (nSPS) is 14.3. The summed E-state index contributed by atoms with van der Waals surface area (Å²) in [6.45, 7) is 6.26. The molecule has 0 fully saturated rings. The molecule has 1 aromatic rings. The van der Waals surface area contributed by atoms with Crippen molar-refractivity contribution in [2.75, 3.05) is 0 Å². The van der Waals surface area contributed by atoms with E-state index >= 15 is 0 Å². The predicted molar refractivity (Wildman–Crippen MR) is 64.9 cm³/mol. The smallest absolute Gasteiger partial charge is 0.0936 e.